The van der Waals surface area contributed by atoms with Crippen LogP contribution in [0.1, 0.15) is 32.6 Å². The van der Waals surface area contributed by atoms with Crippen molar-refractivity contribution in [3.63, 3.8) is 0 Å². The highest BCUT2D eigenvalue weighted by molar-refractivity contribution is 6.32. The highest BCUT2D eigenvalue weighted by Crippen LogP contribution is 2.18. The summed E-state index contributed by atoms with van der Waals surface area (Å²) >= 11 is 0. The van der Waals surface area contributed by atoms with Crippen LogP contribution in [0.25, 0.3) is 0 Å². The molecule has 1 aliphatic carbocycles. The van der Waals surface area contributed by atoms with Crippen molar-refractivity contribution >= 4 is 11.9 Å². The molecular formula is C10H17NO4. The fourth-order valence-corrected chi connectivity index (χ4v) is 1.66. The summed E-state index contributed by atoms with van der Waals surface area (Å²) in [5, 5.41) is 11.8. The van der Waals surface area contributed by atoms with Crippen molar-refractivity contribution in [2.24, 2.45) is 0 Å². The summed E-state index contributed by atoms with van der Waals surface area (Å²) in [6.45, 7) is 1.86. The Balaban J connectivity index is 2.29. The van der Waals surface area contributed by atoms with Crippen LogP contribution >= 0.6 is 0 Å². The van der Waals surface area contributed by atoms with Crippen LogP contribution in [0.3, 0.4) is 0 Å². The first kappa shape index (κ1) is 12.0. The number of ether oxygens (including phenoxy) is 1. The highest BCUT2D eigenvalue weighted by atomic mass is 16.5. The number of hydrogen-bond donors (Lipinski definition) is 2. The molecule has 0 aromatic heterocycles. The monoisotopic (exact) mass is 215 g/mol. The third-order valence-corrected chi connectivity index (χ3v) is 2.49. The maximum absolute atomic E-state index is 11.2. The molecule has 1 fully saturated rings. The van der Waals surface area contributed by atoms with Crippen molar-refractivity contribution in [2.75, 3.05) is 6.61 Å². The molecule has 1 aliphatic rings. The summed E-state index contributed by atoms with van der Waals surface area (Å²) in [6.07, 6.45) is 2.51. The molecule has 0 bridgehead atoms. The number of rotatable bonds is 2. The van der Waals surface area contributed by atoms with E-state index in [1.807, 2.05) is 0 Å². The number of esters is 1. The van der Waals surface area contributed by atoms with Gasteiger partial charge < -0.3 is 15.2 Å². The fourth-order valence-electron chi connectivity index (χ4n) is 1.66. The summed E-state index contributed by atoms with van der Waals surface area (Å²) in [6, 6.07) is -0.00898. The molecule has 0 aromatic carbocycles. The topological polar surface area (TPSA) is 75.6 Å². The molecule has 86 valence electrons. The number of carbonyl (C=O) groups is 2. The van der Waals surface area contributed by atoms with Gasteiger partial charge in [-0.3, -0.25) is 4.79 Å². The van der Waals surface area contributed by atoms with Crippen molar-refractivity contribution < 1.29 is 19.4 Å². The second-order valence-corrected chi connectivity index (χ2v) is 3.70. The van der Waals surface area contributed by atoms with Crippen molar-refractivity contribution in [2.45, 2.75) is 44.8 Å². The van der Waals surface area contributed by atoms with Crippen LogP contribution in [0.15, 0.2) is 0 Å². The fraction of sp³-hybridized carbons (Fsp3) is 0.800. The second-order valence-electron chi connectivity index (χ2n) is 3.70. The Bertz CT molecular complexity index is 234. The van der Waals surface area contributed by atoms with E-state index in [1.54, 1.807) is 6.92 Å². The number of amides is 1. The zero-order chi connectivity index (χ0) is 11.3. The van der Waals surface area contributed by atoms with Crippen molar-refractivity contribution in [1.82, 2.24) is 5.32 Å². The summed E-state index contributed by atoms with van der Waals surface area (Å²) in [7, 11) is 0. The van der Waals surface area contributed by atoms with Gasteiger partial charge >= 0.3 is 11.9 Å². The van der Waals surface area contributed by atoms with Crippen LogP contribution in [0.2, 0.25) is 0 Å². The van der Waals surface area contributed by atoms with Crippen molar-refractivity contribution in [1.29, 1.82) is 0 Å². The molecule has 0 saturated heterocycles. The molecule has 0 radical (unpaired) electrons. The van der Waals surface area contributed by atoms with Gasteiger partial charge in [0.05, 0.1) is 12.7 Å². The molecule has 1 saturated carbocycles. The number of carbonyl (C=O) groups excluding carboxylic acids is 2. The number of nitrogens with one attached hydrogen (secondary N) is 1. The molecule has 2 N–H and O–H groups in total. The highest BCUT2D eigenvalue weighted by Gasteiger charge is 2.23. The zero-order valence-electron chi connectivity index (χ0n) is 8.86. The molecule has 5 heteroatoms. The Morgan fingerprint density at radius 2 is 1.93 bits per heavy atom. The summed E-state index contributed by atoms with van der Waals surface area (Å²) in [4.78, 5) is 22.2. The van der Waals surface area contributed by atoms with E-state index in [0.717, 1.165) is 0 Å². The van der Waals surface area contributed by atoms with E-state index < -0.39 is 11.9 Å². The zero-order valence-corrected chi connectivity index (χ0v) is 8.86. The standard InChI is InChI=1S/C10H17NO4/c1-2-15-10(14)9(13)11-7-3-5-8(12)6-4-7/h7-8,12H,2-6H2,1H3,(H,11,13). The normalized spacial score (nSPS) is 25.7. The van der Waals surface area contributed by atoms with Gasteiger partial charge in [0.15, 0.2) is 0 Å². The molecule has 0 unspecified atom stereocenters. The summed E-state index contributed by atoms with van der Waals surface area (Å²) < 4.78 is 4.57. The van der Waals surface area contributed by atoms with Gasteiger partial charge in [0.25, 0.3) is 0 Å². The van der Waals surface area contributed by atoms with Crippen LogP contribution < -0.4 is 5.32 Å². The van der Waals surface area contributed by atoms with Gasteiger partial charge in [-0.05, 0) is 32.6 Å². The molecule has 0 aromatic rings. The number of aliphatic hydroxyl groups excluding tert-OH is 1. The predicted octanol–water partition coefficient (Wildman–Crippen LogP) is -0.0308. The number of aliphatic hydroxyl groups is 1. The van der Waals surface area contributed by atoms with Gasteiger partial charge in [0.2, 0.25) is 0 Å². The molecule has 0 heterocycles. The van der Waals surface area contributed by atoms with Crippen LogP contribution in [0.5, 0.6) is 0 Å². The number of hydrogen-bond acceptors (Lipinski definition) is 4. The van der Waals surface area contributed by atoms with Crippen molar-refractivity contribution in [3.8, 4) is 0 Å². The van der Waals surface area contributed by atoms with E-state index in [0.29, 0.717) is 25.7 Å². The summed E-state index contributed by atoms with van der Waals surface area (Å²) in [5.41, 5.74) is 0. The molecule has 15 heavy (non-hydrogen) atoms. The van der Waals surface area contributed by atoms with E-state index in [1.165, 1.54) is 0 Å². The van der Waals surface area contributed by atoms with Gasteiger partial charge in [-0.25, -0.2) is 4.79 Å². The third kappa shape index (κ3) is 3.87. The van der Waals surface area contributed by atoms with E-state index in [4.69, 9.17) is 0 Å². The lowest BCUT2D eigenvalue weighted by atomic mass is 9.93. The van der Waals surface area contributed by atoms with Gasteiger partial charge in [-0.1, -0.05) is 0 Å². The van der Waals surface area contributed by atoms with Crippen LogP contribution in [-0.2, 0) is 14.3 Å². The van der Waals surface area contributed by atoms with Gasteiger partial charge in [-0.2, -0.15) is 0 Å². The minimum absolute atomic E-state index is 0.00898. The molecule has 0 atom stereocenters. The van der Waals surface area contributed by atoms with Gasteiger partial charge in [-0.15, -0.1) is 0 Å². The lowest BCUT2D eigenvalue weighted by Gasteiger charge is -2.25. The molecule has 1 amide bonds. The maximum Gasteiger partial charge on any atom is 0.396 e. The van der Waals surface area contributed by atoms with Crippen LogP contribution in [0, 0.1) is 0 Å². The van der Waals surface area contributed by atoms with E-state index >= 15 is 0 Å². The SMILES string of the molecule is CCOC(=O)C(=O)NC1CCC(O)CC1. The van der Waals surface area contributed by atoms with Gasteiger partial charge in [0.1, 0.15) is 0 Å². The quantitative estimate of drug-likeness (QED) is 0.501. The molecule has 1 rings (SSSR count). The first-order valence-corrected chi connectivity index (χ1v) is 5.29. The molecular weight excluding hydrogens is 198 g/mol. The Morgan fingerprint density at radius 1 is 1.33 bits per heavy atom. The van der Waals surface area contributed by atoms with Crippen LogP contribution in [-0.4, -0.2) is 35.7 Å². The Hall–Kier alpha value is -1.10. The minimum atomic E-state index is -0.830. The predicted molar refractivity (Wildman–Crippen MR) is 53.0 cm³/mol. The average Bonchev–Trinajstić information content (AvgIpc) is 2.22. The van der Waals surface area contributed by atoms with E-state index in [-0.39, 0.29) is 18.8 Å². The van der Waals surface area contributed by atoms with E-state index in [2.05, 4.69) is 10.1 Å². The summed E-state index contributed by atoms with van der Waals surface area (Å²) in [5.74, 6) is -1.51. The maximum atomic E-state index is 11.2. The Morgan fingerprint density at radius 3 is 2.47 bits per heavy atom. The van der Waals surface area contributed by atoms with Crippen molar-refractivity contribution in [3.05, 3.63) is 0 Å². The minimum Gasteiger partial charge on any atom is -0.459 e. The van der Waals surface area contributed by atoms with Crippen LogP contribution in [0.4, 0.5) is 0 Å². The first-order chi connectivity index (χ1) is 7.13. The van der Waals surface area contributed by atoms with E-state index in [9.17, 15) is 14.7 Å². The smallest absolute Gasteiger partial charge is 0.396 e. The largest absolute Gasteiger partial charge is 0.459 e. The second kappa shape index (κ2) is 5.70. The molecule has 0 aliphatic heterocycles. The lowest BCUT2D eigenvalue weighted by Crippen LogP contribution is -2.42. The average molecular weight is 215 g/mol. The third-order valence-electron chi connectivity index (χ3n) is 2.49. The lowest BCUT2D eigenvalue weighted by molar-refractivity contribution is -0.155. The molecule has 0 spiro atoms. The Labute approximate surface area is 88.8 Å². The van der Waals surface area contributed by atoms with Gasteiger partial charge in [0, 0.05) is 6.04 Å². The Kier molecular flexibility index (Phi) is 4.55. The molecule has 5 nitrogen and oxygen atoms in total. The first-order valence-electron chi connectivity index (χ1n) is 5.29.